The summed E-state index contributed by atoms with van der Waals surface area (Å²) < 4.78 is 38.3. The maximum absolute atomic E-state index is 12.8. The number of hydrogen-bond acceptors (Lipinski definition) is 3. The summed E-state index contributed by atoms with van der Waals surface area (Å²) in [5.41, 5.74) is 5.70. The van der Waals surface area contributed by atoms with Gasteiger partial charge in [0.25, 0.3) is 0 Å². The highest BCUT2D eigenvalue weighted by atomic mass is 19.4. The van der Waals surface area contributed by atoms with Gasteiger partial charge in [0.1, 0.15) is 0 Å². The van der Waals surface area contributed by atoms with E-state index in [2.05, 4.69) is 23.1 Å². The molecule has 1 aromatic carbocycles. The third kappa shape index (κ3) is 7.33. The molecule has 2 aliphatic rings. The lowest BCUT2D eigenvalue weighted by molar-refractivity contribution is -0.137. The van der Waals surface area contributed by atoms with Gasteiger partial charge in [-0.3, -0.25) is 4.79 Å². The van der Waals surface area contributed by atoms with E-state index in [9.17, 15) is 18.0 Å². The predicted molar refractivity (Wildman–Crippen MR) is 114 cm³/mol. The van der Waals surface area contributed by atoms with Gasteiger partial charge in [-0.1, -0.05) is 18.9 Å². The Morgan fingerprint density at radius 1 is 1.13 bits per heavy atom. The number of nitrogens with one attached hydrogen (secondary N) is 1. The fourth-order valence-electron chi connectivity index (χ4n) is 4.42. The van der Waals surface area contributed by atoms with Crippen molar-refractivity contribution in [1.82, 2.24) is 4.90 Å². The van der Waals surface area contributed by atoms with Crippen LogP contribution in [0.25, 0.3) is 0 Å². The van der Waals surface area contributed by atoms with E-state index in [0.717, 1.165) is 51.0 Å². The fraction of sp³-hybridized carbons (Fsp3) is 0.609. The van der Waals surface area contributed by atoms with Gasteiger partial charge in [-0.15, -0.1) is 12.8 Å². The molecule has 1 aliphatic heterocycles. The number of halogens is 3. The topological polar surface area (TPSA) is 58.4 Å². The Morgan fingerprint density at radius 2 is 1.80 bits per heavy atom. The van der Waals surface area contributed by atoms with E-state index >= 15 is 0 Å². The molecule has 0 spiro atoms. The number of benzene rings is 1. The Kier molecular flexibility index (Phi) is 9.19. The number of anilines is 1. The molecule has 3 rings (SSSR count). The molecule has 1 amide bonds. The van der Waals surface area contributed by atoms with Crippen molar-refractivity contribution in [2.75, 3.05) is 25.0 Å². The largest absolute Gasteiger partial charge is 0.416 e. The quantitative estimate of drug-likeness (QED) is 0.685. The second kappa shape index (κ2) is 11.4. The van der Waals surface area contributed by atoms with Gasteiger partial charge in [0.2, 0.25) is 5.91 Å². The van der Waals surface area contributed by atoms with Gasteiger partial charge in [0.05, 0.1) is 5.56 Å². The number of alkyl halides is 3. The van der Waals surface area contributed by atoms with E-state index in [1.165, 1.54) is 31.4 Å². The summed E-state index contributed by atoms with van der Waals surface area (Å²) in [6, 6.07) is 5.10. The summed E-state index contributed by atoms with van der Waals surface area (Å²) in [4.78, 5) is 14.7. The van der Waals surface area contributed by atoms with Crippen molar-refractivity contribution in [3.63, 3.8) is 0 Å². The van der Waals surface area contributed by atoms with Crippen molar-refractivity contribution >= 4 is 11.6 Å². The van der Waals surface area contributed by atoms with E-state index in [-0.39, 0.29) is 17.5 Å². The van der Waals surface area contributed by atoms with Crippen molar-refractivity contribution in [2.45, 2.75) is 57.2 Å². The number of piperidine rings is 1. The van der Waals surface area contributed by atoms with E-state index in [1.54, 1.807) is 0 Å². The summed E-state index contributed by atoms with van der Waals surface area (Å²) in [6.45, 7) is 2.97. The molecule has 2 atom stereocenters. The van der Waals surface area contributed by atoms with Crippen LogP contribution in [0.1, 0.15) is 50.5 Å². The number of likely N-dealkylation sites (tertiary alicyclic amines) is 1. The van der Waals surface area contributed by atoms with Gasteiger partial charge in [-0.25, -0.2) is 0 Å². The van der Waals surface area contributed by atoms with Crippen molar-refractivity contribution in [2.24, 2.45) is 17.6 Å². The van der Waals surface area contributed by atoms with Crippen LogP contribution in [0.3, 0.4) is 0 Å². The lowest BCUT2D eigenvalue weighted by Crippen LogP contribution is -2.44. The molecule has 3 N–H and O–H groups in total. The van der Waals surface area contributed by atoms with Crippen LogP contribution in [0.5, 0.6) is 0 Å². The van der Waals surface area contributed by atoms with E-state index in [4.69, 9.17) is 5.73 Å². The molecule has 1 saturated carbocycles. The minimum absolute atomic E-state index is 0.198. The average molecular weight is 424 g/mol. The normalized spacial score (nSPS) is 23.3. The van der Waals surface area contributed by atoms with Crippen LogP contribution in [0.2, 0.25) is 0 Å². The Morgan fingerprint density at radius 3 is 2.43 bits per heavy atom. The summed E-state index contributed by atoms with van der Waals surface area (Å²) >= 11 is 0. The zero-order valence-electron chi connectivity index (χ0n) is 17.3. The number of carbonyl (C=O) groups excluding carboxylic acids is 1. The first-order valence-electron chi connectivity index (χ1n) is 10.6. The zero-order chi connectivity index (χ0) is 22.1. The van der Waals surface area contributed by atoms with Crippen molar-refractivity contribution in [1.29, 1.82) is 0 Å². The van der Waals surface area contributed by atoms with Crippen LogP contribution < -0.4 is 11.1 Å². The Balaban J connectivity index is 0.00000155. The fourth-order valence-corrected chi connectivity index (χ4v) is 4.42. The molecule has 4 nitrogen and oxygen atoms in total. The first-order valence-corrected chi connectivity index (χ1v) is 10.6. The molecule has 2 fully saturated rings. The van der Waals surface area contributed by atoms with Crippen LogP contribution in [0.15, 0.2) is 24.3 Å². The molecular weight excluding hydrogens is 391 g/mol. The predicted octanol–water partition coefficient (Wildman–Crippen LogP) is 4.51. The third-order valence-electron chi connectivity index (χ3n) is 6.12. The van der Waals surface area contributed by atoms with Crippen LogP contribution in [-0.2, 0) is 11.0 Å². The average Bonchev–Trinajstić information content (AvgIpc) is 2.72. The molecule has 1 saturated heterocycles. The Hall–Kier alpha value is -2.04. The number of terminal acetylenes is 1. The second-order valence-electron chi connectivity index (χ2n) is 8.28. The third-order valence-corrected chi connectivity index (χ3v) is 6.12. The highest BCUT2D eigenvalue weighted by molar-refractivity contribution is 5.90. The molecular formula is C23H32F3N3O. The van der Waals surface area contributed by atoms with Gasteiger partial charge in [0, 0.05) is 24.7 Å². The SMILES string of the molecule is C#C.N[C@H]1CCCC[C@@H]1CN1CCC(CC(=O)Nc2cccc(C(F)(F)F)c2)CC1. The monoisotopic (exact) mass is 423 g/mol. The number of amides is 1. The number of hydrogen-bond donors (Lipinski definition) is 2. The number of nitrogens with zero attached hydrogens (tertiary/aromatic N) is 1. The van der Waals surface area contributed by atoms with E-state index in [0.29, 0.717) is 18.4 Å². The van der Waals surface area contributed by atoms with Crippen molar-refractivity contribution in [3.05, 3.63) is 29.8 Å². The van der Waals surface area contributed by atoms with Gasteiger partial charge in [-0.2, -0.15) is 13.2 Å². The second-order valence-corrected chi connectivity index (χ2v) is 8.28. The standard InChI is InChI=1S/C21H30F3N3O.C2H2/c22-21(23,24)17-5-3-6-18(13-17)26-20(28)12-15-8-10-27(11-9-15)14-16-4-1-2-7-19(16)25;1-2/h3,5-6,13,15-16,19H,1-2,4,7-12,14,25H2,(H,26,28);1-2H/t16-,19+;/m1./s1. The van der Waals surface area contributed by atoms with Crippen LogP contribution in [-0.4, -0.2) is 36.5 Å². The molecule has 7 heteroatoms. The van der Waals surface area contributed by atoms with Crippen LogP contribution in [0, 0.1) is 24.7 Å². The first kappa shape index (κ1) is 24.2. The lowest BCUT2D eigenvalue weighted by atomic mass is 9.84. The summed E-state index contributed by atoms with van der Waals surface area (Å²) in [5, 5.41) is 2.62. The zero-order valence-corrected chi connectivity index (χ0v) is 17.3. The Labute approximate surface area is 177 Å². The van der Waals surface area contributed by atoms with Crippen molar-refractivity contribution in [3.8, 4) is 12.8 Å². The van der Waals surface area contributed by atoms with Crippen LogP contribution >= 0.6 is 0 Å². The molecule has 166 valence electrons. The first-order chi connectivity index (χ1) is 14.3. The molecule has 1 aromatic rings. The molecule has 0 unspecified atom stereocenters. The smallest absolute Gasteiger partial charge is 0.327 e. The highest BCUT2D eigenvalue weighted by Gasteiger charge is 2.31. The molecule has 30 heavy (non-hydrogen) atoms. The minimum atomic E-state index is -4.41. The van der Waals surface area contributed by atoms with Crippen LogP contribution in [0.4, 0.5) is 18.9 Å². The summed E-state index contributed by atoms with van der Waals surface area (Å²) in [7, 11) is 0. The van der Waals surface area contributed by atoms with Gasteiger partial charge < -0.3 is 16.0 Å². The summed E-state index contributed by atoms with van der Waals surface area (Å²) in [5.74, 6) is 0.642. The number of carbonyl (C=O) groups is 1. The highest BCUT2D eigenvalue weighted by Crippen LogP contribution is 2.31. The maximum atomic E-state index is 12.8. The van der Waals surface area contributed by atoms with E-state index in [1.807, 2.05) is 0 Å². The number of nitrogens with two attached hydrogens (primary N) is 1. The van der Waals surface area contributed by atoms with Gasteiger partial charge in [0.15, 0.2) is 0 Å². The molecule has 1 heterocycles. The maximum Gasteiger partial charge on any atom is 0.416 e. The minimum Gasteiger partial charge on any atom is -0.327 e. The molecule has 0 aromatic heterocycles. The van der Waals surface area contributed by atoms with E-state index < -0.39 is 11.7 Å². The summed E-state index contributed by atoms with van der Waals surface area (Å²) in [6.07, 6.45) is 10.7. The van der Waals surface area contributed by atoms with Gasteiger partial charge in [-0.05, 0) is 68.8 Å². The Bertz CT molecular complexity index is 696. The molecule has 0 radical (unpaired) electrons. The van der Waals surface area contributed by atoms with Gasteiger partial charge >= 0.3 is 6.18 Å². The molecule has 0 bridgehead atoms. The van der Waals surface area contributed by atoms with Crippen molar-refractivity contribution < 1.29 is 18.0 Å². The molecule has 1 aliphatic carbocycles. The lowest BCUT2D eigenvalue weighted by Gasteiger charge is -2.37. The number of rotatable bonds is 5.